The van der Waals surface area contributed by atoms with Gasteiger partial charge in [0.25, 0.3) is 11.7 Å². The Hall–Kier alpha value is -2.81. The molecule has 0 spiro atoms. The number of nitrogens with zero attached hydrogens (tertiary/aromatic N) is 4. The molecule has 0 saturated carbocycles. The molecule has 8 nitrogen and oxygen atoms in total. The minimum Gasteiger partial charge on any atom is -0.462 e. The van der Waals surface area contributed by atoms with Crippen LogP contribution in [-0.2, 0) is 17.6 Å². The van der Waals surface area contributed by atoms with Crippen molar-refractivity contribution in [3.63, 3.8) is 0 Å². The highest BCUT2D eigenvalue weighted by molar-refractivity contribution is 7.17. The molecule has 1 N–H and O–H groups in total. The number of carbonyl (C=O) groups excluding carboxylic acids is 2. The van der Waals surface area contributed by atoms with E-state index in [1.807, 2.05) is 0 Å². The molecule has 1 atom stereocenters. The Morgan fingerprint density at radius 1 is 1.39 bits per heavy atom. The summed E-state index contributed by atoms with van der Waals surface area (Å²) in [6.07, 6.45) is 7.15. The number of anilines is 1. The fraction of sp³-hybridized carbons (Fsp3) is 0.421. The van der Waals surface area contributed by atoms with Gasteiger partial charge in [-0.05, 0) is 43.7 Å². The third kappa shape index (κ3) is 3.37. The van der Waals surface area contributed by atoms with Crippen molar-refractivity contribution >= 4 is 34.0 Å². The van der Waals surface area contributed by atoms with Crippen LogP contribution >= 0.6 is 11.3 Å². The Morgan fingerprint density at radius 3 is 3.00 bits per heavy atom. The number of hydrogen-bond donors (Lipinski definition) is 1. The van der Waals surface area contributed by atoms with Crippen LogP contribution in [0.15, 0.2) is 18.5 Å². The number of rotatable bonds is 5. The number of carbonyl (C=O) groups is 2. The summed E-state index contributed by atoms with van der Waals surface area (Å²) in [4.78, 5) is 34.7. The van der Waals surface area contributed by atoms with Crippen molar-refractivity contribution in [3.8, 4) is 0 Å². The molecule has 146 valence electrons. The van der Waals surface area contributed by atoms with Crippen LogP contribution in [-0.4, -0.2) is 38.1 Å². The first-order valence-electron chi connectivity index (χ1n) is 9.41. The first-order chi connectivity index (χ1) is 13.6. The van der Waals surface area contributed by atoms with Crippen LogP contribution in [0.2, 0.25) is 0 Å². The quantitative estimate of drug-likeness (QED) is 0.662. The number of thiophene rings is 1. The van der Waals surface area contributed by atoms with E-state index in [2.05, 4.69) is 27.3 Å². The normalized spacial score (nSPS) is 16.0. The van der Waals surface area contributed by atoms with E-state index in [9.17, 15) is 9.59 Å². The second-order valence-corrected chi connectivity index (χ2v) is 7.80. The molecule has 1 aliphatic rings. The van der Waals surface area contributed by atoms with E-state index in [1.54, 1.807) is 25.4 Å². The summed E-state index contributed by atoms with van der Waals surface area (Å²) in [5.41, 5.74) is 1.49. The van der Waals surface area contributed by atoms with Crippen LogP contribution in [0, 0.1) is 5.92 Å². The van der Waals surface area contributed by atoms with Gasteiger partial charge in [-0.25, -0.2) is 14.3 Å². The van der Waals surface area contributed by atoms with Crippen molar-refractivity contribution in [1.29, 1.82) is 0 Å². The van der Waals surface area contributed by atoms with Crippen LogP contribution < -0.4 is 5.32 Å². The SMILES string of the molecule is CCOC(=O)c1c(NC(=O)c2nc3ncccn3n2)sc2c1CC[C@H](CC)C2. The van der Waals surface area contributed by atoms with Crippen molar-refractivity contribution in [2.24, 2.45) is 5.92 Å². The fourth-order valence-electron chi connectivity index (χ4n) is 3.50. The maximum absolute atomic E-state index is 12.7. The minimum absolute atomic E-state index is 0.00585. The molecule has 0 radical (unpaired) electrons. The van der Waals surface area contributed by atoms with E-state index in [1.165, 1.54) is 15.9 Å². The Labute approximate surface area is 166 Å². The lowest BCUT2D eigenvalue weighted by atomic mass is 9.85. The highest BCUT2D eigenvalue weighted by atomic mass is 32.1. The molecular formula is C19H21N5O3S. The van der Waals surface area contributed by atoms with E-state index in [4.69, 9.17) is 4.74 Å². The number of fused-ring (bicyclic) bond motifs is 2. The first kappa shape index (κ1) is 18.5. The predicted octanol–water partition coefficient (Wildman–Crippen LogP) is 3.13. The van der Waals surface area contributed by atoms with Gasteiger partial charge in [0, 0.05) is 17.3 Å². The monoisotopic (exact) mass is 399 g/mol. The lowest BCUT2D eigenvalue weighted by molar-refractivity contribution is 0.0526. The van der Waals surface area contributed by atoms with Crippen molar-refractivity contribution in [1.82, 2.24) is 19.6 Å². The van der Waals surface area contributed by atoms with Gasteiger partial charge in [0.15, 0.2) is 0 Å². The second kappa shape index (κ2) is 7.67. The van der Waals surface area contributed by atoms with Gasteiger partial charge in [-0.1, -0.05) is 13.3 Å². The fourth-order valence-corrected chi connectivity index (χ4v) is 4.84. The average Bonchev–Trinajstić information content (AvgIpc) is 3.28. The molecular weight excluding hydrogens is 378 g/mol. The molecule has 0 aliphatic heterocycles. The highest BCUT2D eigenvalue weighted by Gasteiger charge is 2.30. The van der Waals surface area contributed by atoms with Crippen LogP contribution in [0.3, 0.4) is 0 Å². The summed E-state index contributed by atoms with van der Waals surface area (Å²) in [7, 11) is 0. The Morgan fingerprint density at radius 2 is 2.25 bits per heavy atom. The summed E-state index contributed by atoms with van der Waals surface area (Å²) >= 11 is 1.45. The average molecular weight is 399 g/mol. The molecule has 3 aromatic heterocycles. The molecule has 3 heterocycles. The second-order valence-electron chi connectivity index (χ2n) is 6.70. The van der Waals surface area contributed by atoms with Gasteiger partial charge >= 0.3 is 5.97 Å². The minimum atomic E-state index is -0.471. The third-order valence-corrected chi connectivity index (χ3v) is 6.14. The van der Waals surface area contributed by atoms with Crippen molar-refractivity contribution < 1.29 is 14.3 Å². The van der Waals surface area contributed by atoms with E-state index in [0.717, 1.165) is 36.1 Å². The smallest absolute Gasteiger partial charge is 0.341 e. The van der Waals surface area contributed by atoms with E-state index in [-0.39, 0.29) is 12.4 Å². The number of esters is 1. The van der Waals surface area contributed by atoms with Crippen molar-refractivity contribution in [3.05, 3.63) is 40.3 Å². The van der Waals surface area contributed by atoms with Gasteiger partial charge in [-0.3, -0.25) is 4.79 Å². The lowest BCUT2D eigenvalue weighted by Gasteiger charge is -2.20. The largest absolute Gasteiger partial charge is 0.462 e. The van der Waals surface area contributed by atoms with Crippen LogP contribution in [0.5, 0.6) is 0 Å². The lowest BCUT2D eigenvalue weighted by Crippen LogP contribution is -2.18. The number of amides is 1. The predicted molar refractivity (Wildman–Crippen MR) is 105 cm³/mol. The molecule has 3 aromatic rings. The molecule has 0 aromatic carbocycles. The number of ether oxygens (including phenoxy) is 1. The zero-order chi connectivity index (χ0) is 19.7. The molecule has 9 heteroatoms. The third-order valence-electron chi connectivity index (χ3n) is 4.97. The van der Waals surface area contributed by atoms with Crippen LogP contribution in [0.4, 0.5) is 5.00 Å². The summed E-state index contributed by atoms with van der Waals surface area (Å²) in [6, 6.07) is 1.71. The summed E-state index contributed by atoms with van der Waals surface area (Å²) in [6.45, 7) is 4.24. The van der Waals surface area contributed by atoms with Gasteiger partial charge in [-0.15, -0.1) is 16.4 Å². The van der Waals surface area contributed by atoms with Gasteiger partial charge < -0.3 is 10.1 Å². The standard InChI is InChI=1S/C19H21N5O3S/c1-3-11-6-7-12-13(10-11)28-17(14(12)18(26)27-4-2)22-16(25)15-21-19-20-8-5-9-24(19)23-15/h5,8-9,11H,3-4,6-7,10H2,1-2H3,(H,22,25)/t11-/m0/s1. The van der Waals surface area contributed by atoms with E-state index < -0.39 is 11.9 Å². The van der Waals surface area contributed by atoms with E-state index >= 15 is 0 Å². The highest BCUT2D eigenvalue weighted by Crippen LogP contribution is 2.40. The molecule has 0 saturated heterocycles. The topological polar surface area (TPSA) is 98.5 Å². The zero-order valence-electron chi connectivity index (χ0n) is 15.8. The summed E-state index contributed by atoms with van der Waals surface area (Å²) < 4.78 is 6.69. The zero-order valence-corrected chi connectivity index (χ0v) is 16.6. The number of aromatic nitrogens is 4. The molecule has 1 amide bonds. The molecule has 4 rings (SSSR count). The number of nitrogens with one attached hydrogen (secondary N) is 1. The molecule has 0 fully saturated rings. The van der Waals surface area contributed by atoms with Crippen LogP contribution in [0.25, 0.3) is 5.78 Å². The molecule has 1 aliphatic carbocycles. The molecule has 0 bridgehead atoms. The van der Waals surface area contributed by atoms with Gasteiger partial charge in [0.1, 0.15) is 5.00 Å². The van der Waals surface area contributed by atoms with Crippen molar-refractivity contribution in [2.45, 2.75) is 39.5 Å². The van der Waals surface area contributed by atoms with Gasteiger partial charge in [0.2, 0.25) is 5.82 Å². The number of hydrogen-bond acceptors (Lipinski definition) is 7. The summed E-state index contributed by atoms with van der Waals surface area (Å²) in [5.74, 6) is 0.0910. The maximum atomic E-state index is 12.7. The molecule has 28 heavy (non-hydrogen) atoms. The Bertz CT molecular complexity index is 1010. The first-order valence-corrected chi connectivity index (χ1v) is 10.2. The van der Waals surface area contributed by atoms with Gasteiger partial charge in [-0.2, -0.15) is 4.98 Å². The van der Waals surface area contributed by atoms with Gasteiger partial charge in [0.05, 0.1) is 12.2 Å². The Balaban J connectivity index is 1.67. The Kier molecular flexibility index (Phi) is 5.08. The maximum Gasteiger partial charge on any atom is 0.341 e. The van der Waals surface area contributed by atoms with E-state index in [0.29, 0.717) is 22.3 Å². The van der Waals surface area contributed by atoms with Crippen molar-refractivity contribution in [2.75, 3.05) is 11.9 Å². The van der Waals surface area contributed by atoms with Crippen LogP contribution in [0.1, 0.15) is 58.1 Å². The molecule has 0 unspecified atom stereocenters. The summed E-state index contributed by atoms with van der Waals surface area (Å²) in [5, 5.41) is 7.49.